The number of amides is 4. The second-order valence-corrected chi connectivity index (χ2v) is 9.47. The molecule has 1 aromatic carbocycles. The zero-order chi connectivity index (χ0) is 24.2. The van der Waals surface area contributed by atoms with Gasteiger partial charge in [-0.05, 0) is 52.2 Å². The smallest absolute Gasteiger partial charge is 0.407 e. The third kappa shape index (κ3) is 6.03. The van der Waals surface area contributed by atoms with Gasteiger partial charge in [-0.3, -0.25) is 19.7 Å². The van der Waals surface area contributed by atoms with Crippen LogP contribution in [0.25, 0.3) is 0 Å². The van der Waals surface area contributed by atoms with Crippen molar-refractivity contribution in [1.29, 1.82) is 0 Å². The predicted octanol–water partition coefficient (Wildman–Crippen LogP) is 2.58. The Hall–Kier alpha value is -3.10. The summed E-state index contributed by atoms with van der Waals surface area (Å²) in [5.41, 5.74) is 1.94. The largest absolute Gasteiger partial charge is 0.444 e. The van der Waals surface area contributed by atoms with Gasteiger partial charge in [0.25, 0.3) is 5.91 Å². The monoisotopic (exact) mass is 458 g/mol. The van der Waals surface area contributed by atoms with Crippen molar-refractivity contribution in [2.75, 3.05) is 24.5 Å². The van der Waals surface area contributed by atoms with Gasteiger partial charge in [-0.15, -0.1) is 0 Å². The van der Waals surface area contributed by atoms with Crippen LogP contribution >= 0.6 is 0 Å². The summed E-state index contributed by atoms with van der Waals surface area (Å²) >= 11 is 0. The number of carbonyl (C=O) groups excluding carboxylic acids is 4. The normalized spacial score (nSPS) is 18.1. The molecule has 3 rings (SSSR count). The molecule has 0 radical (unpaired) electrons. The van der Waals surface area contributed by atoms with Crippen LogP contribution in [0.4, 0.5) is 10.5 Å². The molecule has 0 bridgehead atoms. The number of hydrogen-bond donors (Lipinski definition) is 2. The molecular weight excluding hydrogens is 424 g/mol. The molecule has 2 heterocycles. The second-order valence-electron chi connectivity index (χ2n) is 9.47. The molecule has 180 valence electrons. The minimum absolute atomic E-state index is 0.176. The highest BCUT2D eigenvalue weighted by Crippen LogP contribution is 2.34. The van der Waals surface area contributed by atoms with Crippen LogP contribution in [-0.2, 0) is 20.9 Å². The second kappa shape index (κ2) is 10.2. The quantitative estimate of drug-likeness (QED) is 0.458. The van der Waals surface area contributed by atoms with Crippen LogP contribution in [-0.4, -0.2) is 60.0 Å². The lowest BCUT2D eigenvalue weighted by Crippen LogP contribution is -2.52. The Morgan fingerprint density at radius 1 is 1.24 bits per heavy atom. The van der Waals surface area contributed by atoms with Crippen LogP contribution in [0.15, 0.2) is 18.2 Å². The van der Waals surface area contributed by atoms with Crippen molar-refractivity contribution in [3.8, 4) is 0 Å². The fraction of sp³-hybridized carbons (Fsp3) is 0.583. The molecular formula is C24H34N4O5. The summed E-state index contributed by atoms with van der Waals surface area (Å²) in [7, 11) is 0. The first kappa shape index (κ1) is 24.5. The topological polar surface area (TPSA) is 108 Å². The number of carbonyl (C=O) groups is 4. The van der Waals surface area contributed by atoms with E-state index in [1.54, 1.807) is 11.0 Å². The highest BCUT2D eigenvalue weighted by atomic mass is 16.6. The summed E-state index contributed by atoms with van der Waals surface area (Å²) in [6, 6.07) is 5.02. The number of imide groups is 1. The van der Waals surface area contributed by atoms with Crippen LogP contribution in [0.2, 0.25) is 0 Å². The van der Waals surface area contributed by atoms with Crippen LogP contribution in [0.1, 0.15) is 69.3 Å². The summed E-state index contributed by atoms with van der Waals surface area (Å²) in [6.45, 7) is 9.89. The molecule has 9 nitrogen and oxygen atoms in total. The Bertz CT molecular complexity index is 924. The van der Waals surface area contributed by atoms with Crippen molar-refractivity contribution in [2.45, 2.75) is 71.6 Å². The molecule has 1 unspecified atom stereocenters. The molecule has 1 saturated heterocycles. The van der Waals surface area contributed by atoms with Crippen molar-refractivity contribution in [1.82, 2.24) is 15.5 Å². The first-order valence-corrected chi connectivity index (χ1v) is 11.6. The van der Waals surface area contributed by atoms with Crippen molar-refractivity contribution in [3.05, 3.63) is 29.3 Å². The fourth-order valence-corrected chi connectivity index (χ4v) is 4.26. The van der Waals surface area contributed by atoms with Crippen molar-refractivity contribution in [3.63, 3.8) is 0 Å². The lowest BCUT2D eigenvalue weighted by Gasteiger charge is -2.30. The predicted molar refractivity (Wildman–Crippen MR) is 124 cm³/mol. The molecule has 1 atom stereocenters. The number of fused-ring (bicyclic) bond motifs is 1. The molecule has 0 aromatic heterocycles. The number of ether oxygens (including phenoxy) is 1. The Balaban J connectivity index is 1.68. The number of piperidine rings is 1. The van der Waals surface area contributed by atoms with Gasteiger partial charge in [0.2, 0.25) is 11.8 Å². The third-order valence-corrected chi connectivity index (χ3v) is 5.66. The molecule has 2 N–H and O–H groups in total. The number of nitrogens with zero attached hydrogens (tertiary/aromatic N) is 2. The fourth-order valence-electron chi connectivity index (χ4n) is 4.26. The van der Waals surface area contributed by atoms with Crippen LogP contribution in [0.3, 0.4) is 0 Å². The van der Waals surface area contributed by atoms with Gasteiger partial charge in [0, 0.05) is 49.4 Å². The molecule has 2 aliphatic rings. The molecule has 2 aliphatic heterocycles. The van der Waals surface area contributed by atoms with Crippen molar-refractivity contribution < 1.29 is 23.9 Å². The maximum atomic E-state index is 13.1. The summed E-state index contributed by atoms with van der Waals surface area (Å²) in [6.07, 6.45) is 1.78. The average molecular weight is 459 g/mol. The van der Waals surface area contributed by atoms with Gasteiger partial charge in [0.05, 0.1) is 0 Å². The zero-order valence-corrected chi connectivity index (χ0v) is 19.9. The molecule has 1 aromatic rings. The number of anilines is 1. The van der Waals surface area contributed by atoms with E-state index in [9.17, 15) is 19.2 Å². The van der Waals surface area contributed by atoms with E-state index in [-0.39, 0.29) is 18.2 Å². The minimum atomic E-state index is -0.631. The molecule has 0 spiro atoms. The highest BCUT2D eigenvalue weighted by Gasteiger charge is 2.40. The van der Waals surface area contributed by atoms with Gasteiger partial charge in [0.1, 0.15) is 11.6 Å². The Morgan fingerprint density at radius 2 is 2.00 bits per heavy atom. The van der Waals surface area contributed by atoms with Gasteiger partial charge < -0.3 is 19.9 Å². The van der Waals surface area contributed by atoms with Crippen LogP contribution < -0.4 is 15.5 Å². The van der Waals surface area contributed by atoms with Gasteiger partial charge in [-0.2, -0.15) is 0 Å². The summed E-state index contributed by atoms with van der Waals surface area (Å²) in [5.74, 6) is -0.882. The lowest BCUT2D eigenvalue weighted by molar-refractivity contribution is -0.136. The Morgan fingerprint density at radius 3 is 2.67 bits per heavy atom. The number of nitrogens with one attached hydrogen (secondary N) is 2. The van der Waals surface area contributed by atoms with E-state index in [4.69, 9.17) is 4.74 Å². The van der Waals surface area contributed by atoms with Crippen LogP contribution in [0, 0.1) is 0 Å². The standard InChI is InChI=1S/C24H34N4O5/c1-5-13-27(14-7-12-25-23(32)33-24(2,3)4)18-9-6-8-16-17(18)15-28(22(16)31)19-10-11-20(29)26-21(19)30/h6,8-9,19H,5,7,10-15H2,1-4H3,(H,25,32)(H,26,29,30). The number of rotatable bonds is 8. The number of hydrogen-bond acceptors (Lipinski definition) is 6. The summed E-state index contributed by atoms with van der Waals surface area (Å²) < 4.78 is 5.27. The first-order valence-electron chi connectivity index (χ1n) is 11.6. The van der Waals surface area contributed by atoms with E-state index in [1.165, 1.54) is 0 Å². The number of benzene rings is 1. The van der Waals surface area contributed by atoms with Gasteiger partial charge in [-0.1, -0.05) is 13.0 Å². The molecule has 9 heteroatoms. The van der Waals surface area contributed by atoms with E-state index in [0.29, 0.717) is 38.0 Å². The Labute approximate surface area is 194 Å². The third-order valence-electron chi connectivity index (χ3n) is 5.66. The number of alkyl carbamates (subject to hydrolysis) is 1. The minimum Gasteiger partial charge on any atom is -0.444 e. The van der Waals surface area contributed by atoms with Gasteiger partial charge in [-0.25, -0.2) is 4.79 Å². The molecule has 1 fully saturated rings. The molecule has 0 saturated carbocycles. The first-order chi connectivity index (χ1) is 15.6. The maximum absolute atomic E-state index is 13.1. The lowest BCUT2D eigenvalue weighted by atomic mass is 10.0. The van der Waals surface area contributed by atoms with E-state index in [0.717, 1.165) is 24.2 Å². The van der Waals surface area contributed by atoms with E-state index in [1.807, 2.05) is 32.9 Å². The molecule has 33 heavy (non-hydrogen) atoms. The zero-order valence-electron chi connectivity index (χ0n) is 19.9. The van der Waals surface area contributed by atoms with E-state index < -0.39 is 23.6 Å². The average Bonchev–Trinajstić information content (AvgIpc) is 3.06. The van der Waals surface area contributed by atoms with E-state index in [2.05, 4.69) is 22.5 Å². The summed E-state index contributed by atoms with van der Waals surface area (Å²) in [5, 5.41) is 5.13. The summed E-state index contributed by atoms with van der Waals surface area (Å²) in [4.78, 5) is 52.6. The highest BCUT2D eigenvalue weighted by molar-refractivity contribution is 6.06. The maximum Gasteiger partial charge on any atom is 0.407 e. The van der Waals surface area contributed by atoms with Crippen LogP contribution in [0.5, 0.6) is 0 Å². The van der Waals surface area contributed by atoms with Gasteiger partial charge >= 0.3 is 6.09 Å². The van der Waals surface area contributed by atoms with Crippen molar-refractivity contribution >= 4 is 29.5 Å². The van der Waals surface area contributed by atoms with Gasteiger partial charge in [0.15, 0.2) is 0 Å². The molecule has 0 aliphatic carbocycles. The SMILES string of the molecule is CCCN(CCCNC(=O)OC(C)(C)C)c1cccc2c1CN(C1CCC(=O)NC1=O)C2=O. The molecule has 4 amide bonds. The van der Waals surface area contributed by atoms with Crippen molar-refractivity contribution in [2.24, 2.45) is 0 Å². The Kier molecular flexibility index (Phi) is 7.61. The van der Waals surface area contributed by atoms with E-state index >= 15 is 0 Å².